The Balaban J connectivity index is 0.000000338. The summed E-state index contributed by atoms with van der Waals surface area (Å²) in [6, 6.07) is 5.11. The molecular formula is C70H107F3N2O18SSi. The fraction of sp³-hybridized carbons (Fsp3) is 0.657. The van der Waals surface area contributed by atoms with Crippen LogP contribution in [0.5, 0.6) is 17.2 Å². The minimum absolute atomic E-state index is 0.0809. The van der Waals surface area contributed by atoms with Crippen LogP contribution in [0.25, 0.3) is 6.08 Å². The maximum atomic E-state index is 13.1. The number of halogens is 3. The quantitative estimate of drug-likeness (QED) is 0.0332. The highest BCUT2D eigenvalue weighted by Crippen LogP contribution is 2.44. The Labute approximate surface area is 563 Å². The summed E-state index contributed by atoms with van der Waals surface area (Å²) in [4.78, 5) is 49.8. The summed E-state index contributed by atoms with van der Waals surface area (Å²) in [5, 5.41) is 5.12. The number of carbonyl (C=O) groups excluding carboxylic acids is 4. The summed E-state index contributed by atoms with van der Waals surface area (Å²) < 4.78 is 129. The minimum atomic E-state index is -6.12. The second-order valence-electron chi connectivity index (χ2n) is 30.3. The molecule has 4 heterocycles. The molecule has 2 saturated heterocycles. The zero-order valence-electron chi connectivity index (χ0n) is 60.6. The second-order valence-corrected chi connectivity index (χ2v) is 36.6. The highest BCUT2D eigenvalue weighted by molar-refractivity contribution is 7.88. The van der Waals surface area contributed by atoms with Crippen LogP contribution in [0.3, 0.4) is 0 Å². The van der Waals surface area contributed by atoms with E-state index in [0.717, 1.165) is 12.5 Å². The van der Waals surface area contributed by atoms with E-state index in [1.807, 2.05) is 45.9 Å². The predicted molar refractivity (Wildman–Crippen MR) is 362 cm³/mol. The Morgan fingerprint density at radius 3 is 1.45 bits per heavy atom. The highest BCUT2D eigenvalue weighted by atomic mass is 32.2. The number of cyclic esters (lactones) is 2. The first-order chi connectivity index (χ1) is 43.0. The number of alkyl halides is 3. The number of hydrogen-bond donors (Lipinski definition) is 2. The van der Waals surface area contributed by atoms with Gasteiger partial charge in [0.2, 0.25) is 11.6 Å². The van der Waals surface area contributed by atoms with Crippen molar-refractivity contribution in [3.8, 4) is 17.2 Å². The van der Waals surface area contributed by atoms with Gasteiger partial charge in [0.1, 0.15) is 33.8 Å². The zero-order valence-corrected chi connectivity index (χ0v) is 62.5. The van der Waals surface area contributed by atoms with Gasteiger partial charge in [-0.1, -0.05) is 105 Å². The topological polar surface area (TPSA) is 237 Å². The molecule has 25 heteroatoms. The van der Waals surface area contributed by atoms with Crippen molar-refractivity contribution in [2.24, 2.45) is 29.6 Å². The van der Waals surface area contributed by atoms with Gasteiger partial charge in [0.25, 0.3) is 0 Å². The molecular weight excluding hydrogens is 1270 g/mol. The van der Waals surface area contributed by atoms with Crippen molar-refractivity contribution in [1.82, 2.24) is 0 Å². The lowest BCUT2D eigenvalue weighted by Crippen LogP contribution is -2.44. The first-order valence-corrected chi connectivity index (χ1v) is 36.5. The van der Waals surface area contributed by atoms with Gasteiger partial charge in [-0.25, -0.2) is 19.2 Å². The minimum Gasteiger partial charge on any atom is -0.452 e. The molecule has 0 spiro atoms. The van der Waals surface area contributed by atoms with E-state index in [-0.39, 0.29) is 64.4 Å². The average Bonchev–Trinajstić information content (AvgIpc) is 1.57. The van der Waals surface area contributed by atoms with Crippen molar-refractivity contribution < 1.29 is 96.7 Å². The molecule has 0 unspecified atom stereocenters. The maximum Gasteiger partial charge on any atom is 0.534 e. The second kappa shape index (κ2) is 30.8. The third-order valence-electron chi connectivity index (χ3n) is 15.8. The third kappa shape index (κ3) is 24.5. The summed E-state index contributed by atoms with van der Waals surface area (Å²) in [6.07, 6.45) is 14.4. The van der Waals surface area contributed by atoms with Gasteiger partial charge in [-0.15, -0.1) is 6.58 Å². The highest BCUT2D eigenvalue weighted by Gasteiger charge is 2.51. The maximum absolute atomic E-state index is 13.1. The van der Waals surface area contributed by atoms with Crippen LogP contribution < -0.4 is 24.3 Å². The first-order valence-electron chi connectivity index (χ1n) is 32.2. The number of esters is 2. The molecule has 4 aliphatic rings. The molecule has 536 valence electrons. The summed E-state index contributed by atoms with van der Waals surface area (Å²) >= 11 is 0. The monoisotopic (exact) mass is 1380 g/mol. The predicted octanol–water partition coefficient (Wildman–Crippen LogP) is 17.6. The van der Waals surface area contributed by atoms with E-state index in [9.17, 15) is 40.8 Å². The number of allylic oxidation sites excluding steroid dienone is 1. The Hall–Kier alpha value is -5.96. The number of anilines is 2. The van der Waals surface area contributed by atoms with Crippen LogP contribution >= 0.6 is 0 Å². The van der Waals surface area contributed by atoms with E-state index >= 15 is 0 Å². The molecule has 6 rings (SSSR count). The van der Waals surface area contributed by atoms with Gasteiger partial charge in [0.05, 0.1) is 30.1 Å². The summed E-state index contributed by atoms with van der Waals surface area (Å²) in [6.45, 7) is 54.5. The molecule has 2 fully saturated rings. The lowest BCUT2D eigenvalue weighted by molar-refractivity contribution is -0.148. The van der Waals surface area contributed by atoms with Crippen molar-refractivity contribution in [3.05, 3.63) is 84.0 Å². The molecule has 2 aromatic rings. The first kappa shape index (κ1) is 81.5. The van der Waals surface area contributed by atoms with Crippen molar-refractivity contribution in [2.45, 2.75) is 268 Å². The fourth-order valence-corrected chi connectivity index (χ4v) is 11.8. The van der Waals surface area contributed by atoms with Crippen molar-refractivity contribution in [1.29, 1.82) is 0 Å². The molecule has 2 amide bonds. The Kier molecular flexibility index (Phi) is 26.5. The molecule has 0 aliphatic carbocycles. The number of fused-ring (bicyclic) bond motifs is 2. The number of nitrogens with one attached hydrogen (secondary N) is 2. The SMILES string of the molecule is C=CC[C@@H]1OC(C)(C)O[C@@H]1[C@H](C)/C=C\[C@@H](C)C(C)C.CC(C)(C)OC(=O)Nc1cc2c(c(OS(=O)(=O)C(F)(F)F)c1)C(=O)OC(C)(C)O2.C[C@H](/C=C\[C@@H](C)[C@H](C)O[Si](C)(C)C(C)(C)C)[C@H]1OC(C)(C)O[C@H]1C/C=C/c1cc(NC(=O)OC(C)(C)C)cc2c1C(=O)OC(C)(C)O2. The van der Waals surface area contributed by atoms with Gasteiger partial charge >= 0.3 is 39.8 Å². The van der Waals surface area contributed by atoms with E-state index in [2.05, 4.69) is 128 Å². The summed E-state index contributed by atoms with van der Waals surface area (Å²) in [7, 11) is -8.00. The molecule has 9 atom stereocenters. The van der Waals surface area contributed by atoms with Crippen molar-refractivity contribution in [3.63, 3.8) is 0 Å². The normalized spacial score (nSPS) is 22.4. The van der Waals surface area contributed by atoms with E-state index in [4.69, 9.17) is 51.8 Å². The Morgan fingerprint density at radius 2 is 1.03 bits per heavy atom. The van der Waals surface area contributed by atoms with Crippen LogP contribution in [-0.4, -0.2) is 111 Å². The van der Waals surface area contributed by atoms with Gasteiger partial charge < -0.3 is 56.0 Å². The van der Waals surface area contributed by atoms with E-state index in [1.54, 1.807) is 67.5 Å². The number of ether oxygens (including phenoxy) is 10. The van der Waals surface area contributed by atoms with E-state index in [1.165, 1.54) is 13.8 Å². The number of rotatable bonds is 19. The Morgan fingerprint density at radius 1 is 0.611 bits per heavy atom. The van der Waals surface area contributed by atoms with Gasteiger partial charge in [-0.2, -0.15) is 21.6 Å². The van der Waals surface area contributed by atoms with E-state index < -0.39 is 93.7 Å². The van der Waals surface area contributed by atoms with Gasteiger partial charge in [-0.05, 0) is 137 Å². The molecule has 2 N–H and O–H groups in total. The molecule has 0 aromatic heterocycles. The van der Waals surface area contributed by atoms with Gasteiger partial charge in [-0.3, -0.25) is 10.6 Å². The van der Waals surface area contributed by atoms with Crippen LogP contribution in [0.1, 0.15) is 205 Å². The van der Waals surface area contributed by atoms with Crippen LogP contribution in [0.2, 0.25) is 18.1 Å². The fourth-order valence-electron chi connectivity index (χ4n) is 9.80. The van der Waals surface area contributed by atoms with Crippen LogP contribution in [0, 0.1) is 29.6 Å². The molecule has 2 aromatic carbocycles. The van der Waals surface area contributed by atoms with Gasteiger partial charge in [0, 0.05) is 69.5 Å². The van der Waals surface area contributed by atoms with Crippen molar-refractivity contribution >= 4 is 60.0 Å². The van der Waals surface area contributed by atoms with Gasteiger partial charge in [0.15, 0.2) is 25.6 Å². The zero-order chi connectivity index (χ0) is 72.8. The molecule has 4 aliphatic heterocycles. The number of carbonyl (C=O) groups is 4. The third-order valence-corrected chi connectivity index (χ3v) is 21.4. The average molecular weight is 1380 g/mol. The summed E-state index contributed by atoms with van der Waals surface area (Å²) in [5.41, 5.74) is -6.98. The molecule has 0 bridgehead atoms. The lowest BCUT2D eigenvalue weighted by Gasteiger charge is -2.39. The van der Waals surface area contributed by atoms with E-state index in [0.29, 0.717) is 47.2 Å². The molecule has 20 nitrogen and oxygen atoms in total. The summed E-state index contributed by atoms with van der Waals surface area (Å²) in [5.74, 6) is -4.69. The van der Waals surface area contributed by atoms with Crippen LogP contribution in [0.4, 0.5) is 34.1 Å². The van der Waals surface area contributed by atoms with Crippen LogP contribution in [-0.2, 0) is 52.4 Å². The molecule has 0 saturated carbocycles. The lowest BCUT2D eigenvalue weighted by atomic mass is 9.93. The molecule has 0 radical (unpaired) electrons. The standard InChI is InChI=1S/C37H59NO8Si.C17H30O2.C16H18F3NO8S/c1-23(25(3)46-47(14,15)35(7,8)9)19-20-24(2)31-28(41-36(10,11)43-31)18-16-17-26-21-27(38-33(40)45-34(4,5)6)22-29-30(26)32(39)44-37(12,13)42-29;1-8-9-15-16(19-17(6,7)18-15)14(5)11-10-13(4)12(2)3;1-14(2,3)27-13(22)20-8-6-9-11(12(21)26-15(4,5)25-9)10(7-8)28-29(23,24)16(17,18)19/h16-17,19-25,28,31H,18H2,1-15H3,(H,38,40);8,10-16H,1,9H2,2-7H3;6-7H,1-5H3,(H,20,22)/b17-16+,20-19-;11-10-;/t23-,24-,25+,28+,31-;13-,14-,15+,16-;/m11./s1. The largest absolute Gasteiger partial charge is 0.534 e. The van der Waals surface area contributed by atoms with Crippen LogP contribution in [0.15, 0.2) is 67.3 Å². The number of hydrogen-bond acceptors (Lipinski definition) is 18. The smallest absolute Gasteiger partial charge is 0.452 e. The van der Waals surface area contributed by atoms with Crippen molar-refractivity contribution in [2.75, 3.05) is 10.6 Å². The number of benzene rings is 2. The number of amides is 2. The molecule has 95 heavy (non-hydrogen) atoms. The Bertz CT molecular complexity index is 3240.